The van der Waals surface area contributed by atoms with Gasteiger partial charge < -0.3 is 9.64 Å². The van der Waals surface area contributed by atoms with Crippen LogP contribution in [-0.2, 0) is 21.2 Å². The first-order valence-electron chi connectivity index (χ1n) is 10.9. The van der Waals surface area contributed by atoms with E-state index >= 15 is 0 Å². The first-order chi connectivity index (χ1) is 13.9. The minimum absolute atomic E-state index is 0.325. The Morgan fingerprint density at radius 2 is 1.76 bits per heavy atom. The van der Waals surface area contributed by atoms with Gasteiger partial charge in [0, 0.05) is 51.5 Å². The van der Waals surface area contributed by atoms with Gasteiger partial charge in [0.05, 0.1) is 6.26 Å². The molecule has 2 heterocycles. The van der Waals surface area contributed by atoms with E-state index in [4.69, 9.17) is 4.74 Å². The van der Waals surface area contributed by atoms with Crippen molar-refractivity contribution >= 4 is 10.0 Å². The van der Waals surface area contributed by atoms with Gasteiger partial charge in [0.1, 0.15) is 0 Å². The predicted molar refractivity (Wildman–Crippen MR) is 118 cm³/mol. The molecule has 1 atom stereocenters. The van der Waals surface area contributed by atoms with Crippen LogP contribution in [-0.4, -0.2) is 93.8 Å². The molecule has 0 spiro atoms. The van der Waals surface area contributed by atoms with Crippen LogP contribution in [0.1, 0.15) is 31.2 Å². The number of likely N-dealkylation sites (N-methyl/N-ethyl adjacent to an activating group) is 1. The Morgan fingerprint density at radius 1 is 1.03 bits per heavy atom. The van der Waals surface area contributed by atoms with Crippen LogP contribution in [0.3, 0.4) is 0 Å². The fourth-order valence-corrected chi connectivity index (χ4v) is 5.44. The molecule has 0 amide bonds. The van der Waals surface area contributed by atoms with Crippen molar-refractivity contribution < 1.29 is 13.2 Å². The van der Waals surface area contributed by atoms with Crippen molar-refractivity contribution in [1.29, 1.82) is 0 Å². The fraction of sp³-hybridized carbons (Fsp3) is 0.727. The lowest BCUT2D eigenvalue weighted by Gasteiger charge is -2.39. The van der Waals surface area contributed by atoms with Gasteiger partial charge in [-0.25, -0.2) is 12.7 Å². The SMILES string of the molecule is CN(CCCc1ccccc1)CCN(C1CCOCC1)C1CCN(S(C)(=O)=O)C1. The molecule has 2 fully saturated rings. The Kier molecular flexibility index (Phi) is 8.50. The van der Waals surface area contributed by atoms with E-state index < -0.39 is 10.0 Å². The lowest BCUT2D eigenvalue weighted by Crippen LogP contribution is -2.49. The highest BCUT2D eigenvalue weighted by Gasteiger charge is 2.35. The topological polar surface area (TPSA) is 53.1 Å². The zero-order chi connectivity index (χ0) is 20.7. The van der Waals surface area contributed by atoms with Gasteiger partial charge in [0.25, 0.3) is 0 Å². The normalized spacial score (nSPS) is 22.0. The van der Waals surface area contributed by atoms with Gasteiger partial charge in [-0.3, -0.25) is 4.90 Å². The summed E-state index contributed by atoms with van der Waals surface area (Å²) < 4.78 is 31.1. The second-order valence-corrected chi connectivity index (χ2v) is 10.5. The van der Waals surface area contributed by atoms with E-state index in [0.29, 0.717) is 25.2 Å². The smallest absolute Gasteiger partial charge is 0.211 e. The van der Waals surface area contributed by atoms with Crippen LogP contribution in [0.4, 0.5) is 0 Å². The molecule has 164 valence electrons. The average Bonchev–Trinajstić information content (AvgIpc) is 3.20. The molecule has 6 nitrogen and oxygen atoms in total. The highest BCUT2D eigenvalue weighted by atomic mass is 32.2. The van der Waals surface area contributed by atoms with E-state index in [-0.39, 0.29) is 0 Å². The first kappa shape index (κ1) is 22.7. The fourth-order valence-electron chi connectivity index (χ4n) is 4.56. The van der Waals surface area contributed by atoms with E-state index in [0.717, 1.165) is 65.0 Å². The molecule has 0 aliphatic carbocycles. The number of ether oxygens (including phenoxy) is 1. The van der Waals surface area contributed by atoms with Gasteiger partial charge in [-0.2, -0.15) is 0 Å². The minimum atomic E-state index is -3.10. The standard InChI is InChI=1S/C22H37N3O3S/c1-23(13-6-9-20-7-4-3-5-8-20)15-16-25(21-11-17-28-18-12-21)22-10-14-24(19-22)29(2,26)27/h3-5,7-8,21-22H,6,9-19H2,1-2H3. The van der Waals surface area contributed by atoms with Crippen molar-refractivity contribution in [3.8, 4) is 0 Å². The number of rotatable bonds is 10. The molecular formula is C22H37N3O3S. The van der Waals surface area contributed by atoms with Crippen LogP contribution in [0.25, 0.3) is 0 Å². The van der Waals surface area contributed by atoms with E-state index in [1.807, 2.05) is 0 Å². The molecule has 1 aromatic carbocycles. The minimum Gasteiger partial charge on any atom is -0.381 e. The molecule has 29 heavy (non-hydrogen) atoms. The second-order valence-electron chi connectivity index (χ2n) is 8.54. The van der Waals surface area contributed by atoms with Gasteiger partial charge in [-0.1, -0.05) is 30.3 Å². The molecule has 2 saturated heterocycles. The molecule has 2 aliphatic heterocycles. The summed E-state index contributed by atoms with van der Waals surface area (Å²) in [5.41, 5.74) is 1.40. The number of aryl methyl sites for hydroxylation is 1. The van der Waals surface area contributed by atoms with Crippen molar-refractivity contribution in [2.75, 3.05) is 59.2 Å². The van der Waals surface area contributed by atoms with Crippen LogP contribution < -0.4 is 0 Å². The summed E-state index contributed by atoms with van der Waals surface area (Å²) in [6.45, 7) is 6.00. The van der Waals surface area contributed by atoms with Crippen molar-refractivity contribution in [3.05, 3.63) is 35.9 Å². The summed E-state index contributed by atoms with van der Waals surface area (Å²) in [6.07, 6.45) is 6.63. The number of nitrogens with zero attached hydrogens (tertiary/aromatic N) is 3. The molecule has 0 saturated carbocycles. The maximum atomic E-state index is 12.0. The number of benzene rings is 1. The van der Waals surface area contributed by atoms with Crippen molar-refractivity contribution in [3.63, 3.8) is 0 Å². The third-order valence-electron chi connectivity index (χ3n) is 6.31. The maximum Gasteiger partial charge on any atom is 0.211 e. The first-order valence-corrected chi connectivity index (χ1v) is 12.8. The number of hydrogen-bond donors (Lipinski definition) is 0. The highest BCUT2D eigenvalue weighted by molar-refractivity contribution is 7.88. The number of sulfonamides is 1. The lowest BCUT2D eigenvalue weighted by molar-refractivity contribution is 0.0159. The summed E-state index contributed by atoms with van der Waals surface area (Å²) in [5.74, 6) is 0. The Hall–Kier alpha value is -0.990. The molecule has 0 bridgehead atoms. The zero-order valence-corrected chi connectivity index (χ0v) is 18.8. The largest absolute Gasteiger partial charge is 0.381 e. The molecule has 0 radical (unpaired) electrons. The van der Waals surface area contributed by atoms with Crippen molar-refractivity contribution in [2.24, 2.45) is 0 Å². The number of hydrogen-bond acceptors (Lipinski definition) is 5. The molecule has 0 aromatic heterocycles. The summed E-state index contributed by atoms with van der Waals surface area (Å²) in [4.78, 5) is 5.00. The lowest BCUT2D eigenvalue weighted by atomic mass is 10.0. The molecule has 0 N–H and O–H groups in total. The summed E-state index contributed by atoms with van der Waals surface area (Å²) in [5, 5.41) is 0. The van der Waals surface area contributed by atoms with E-state index in [1.54, 1.807) is 4.31 Å². The van der Waals surface area contributed by atoms with Gasteiger partial charge >= 0.3 is 0 Å². The maximum absolute atomic E-state index is 12.0. The summed E-state index contributed by atoms with van der Waals surface area (Å²) >= 11 is 0. The third-order valence-corrected chi connectivity index (χ3v) is 7.58. The molecule has 1 unspecified atom stereocenters. The van der Waals surface area contributed by atoms with E-state index in [1.165, 1.54) is 11.8 Å². The third kappa shape index (κ3) is 7.03. The molecule has 3 rings (SSSR count). The Labute approximate surface area is 176 Å². The quantitative estimate of drug-likeness (QED) is 0.577. The second kappa shape index (κ2) is 10.9. The molecule has 7 heteroatoms. The van der Waals surface area contributed by atoms with Crippen LogP contribution in [0.2, 0.25) is 0 Å². The molecule has 1 aromatic rings. The summed E-state index contributed by atoms with van der Waals surface area (Å²) in [6, 6.07) is 11.5. The zero-order valence-electron chi connectivity index (χ0n) is 18.0. The van der Waals surface area contributed by atoms with Crippen molar-refractivity contribution in [2.45, 2.75) is 44.2 Å². The Balaban J connectivity index is 1.50. The Bertz CT molecular complexity index is 707. The van der Waals surface area contributed by atoms with Crippen LogP contribution >= 0.6 is 0 Å². The Morgan fingerprint density at radius 3 is 2.41 bits per heavy atom. The van der Waals surface area contributed by atoms with Crippen molar-refractivity contribution in [1.82, 2.24) is 14.1 Å². The van der Waals surface area contributed by atoms with E-state index in [9.17, 15) is 8.42 Å². The van der Waals surface area contributed by atoms with Gasteiger partial charge in [0.15, 0.2) is 0 Å². The summed E-state index contributed by atoms with van der Waals surface area (Å²) in [7, 11) is -0.899. The van der Waals surface area contributed by atoms with Gasteiger partial charge in [-0.05, 0) is 51.3 Å². The predicted octanol–water partition coefficient (Wildman–Crippen LogP) is 2.07. The van der Waals surface area contributed by atoms with Gasteiger partial charge in [0.2, 0.25) is 10.0 Å². The molecule has 2 aliphatic rings. The highest BCUT2D eigenvalue weighted by Crippen LogP contribution is 2.24. The van der Waals surface area contributed by atoms with Crippen LogP contribution in [0, 0.1) is 0 Å². The molecular weight excluding hydrogens is 386 g/mol. The van der Waals surface area contributed by atoms with Gasteiger partial charge in [-0.15, -0.1) is 0 Å². The van der Waals surface area contributed by atoms with E-state index in [2.05, 4.69) is 47.2 Å². The average molecular weight is 424 g/mol. The van der Waals surface area contributed by atoms with Crippen LogP contribution in [0.15, 0.2) is 30.3 Å². The van der Waals surface area contributed by atoms with Crippen LogP contribution in [0.5, 0.6) is 0 Å². The monoisotopic (exact) mass is 423 g/mol.